The molecule has 0 aliphatic heterocycles. The predicted molar refractivity (Wildman–Crippen MR) is 74.2 cm³/mol. The van der Waals surface area contributed by atoms with E-state index in [0.717, 1.165) is 12.8 Å². The van der Waals surface area contributed by atoms with Crippen molar-refractivity contribution in [2.75, 3.05) is 6.61 Å². The van der Waals surface area contributed by atoms with Gasteiger partial charge in [-0.3, -0.25) is 4.79 Å². The minimum absolute atomic E-state index is 0.0592. The number of carbonyl (C=O) groups is 1. The smallest absolute Gasteiger partial charge is 0.258 e. The molecule has 0 radical (unpaired) electrons. The van der Waals surface area contributed by atoms with Crippen molar-refractivity contribution in [3.05, 3.63) is 28.8 Å². The number of hydrogen-bond acceptors (Lipinski definition) is 3. The zero-order valence-corrected chi connectivity index (χ0v) is 11.8. The van der Waals surface area contributed by atoms with Crippen LogP contribution in [0.4, 0.5) is 0 Å². The molecule has 0 fully saturated rings. The summed E-state index contributed by atoms with van der Waals surface area (Å²) < 4.78 is 5.32. The number of benzene rings is 1. The Bertz CT molecular complexity index is 483. The summed E-state index contributed by atoms with van der Waals surface area (Å²) in [5.41, 5.74) is 0.384. The van der Waals surface area contributed by atoms with E-state index in [-0.39, 0.29) is 18.6 Å². The van der Waals surface area contributed by atoms with E-state index in [1.165, 1.54) is 6.07 Å². The molecule has 1 N–H and O–H groups in total. The van der Waals surface area contributed by atoms with Crippen molar-refractivity contribution in [2.24, 2.45) is 0 Å². The average molecular weight is 281 g/mol. The molecule has 1 amide bonds. The largest absolute Gasteiger partial charge is 0.484 e. The van der Waals surface area contributed by atoms with E-state index in [1.807, 2.05) is 13.0 Å². The lowest BCUT2D eigenvalue weighted by Crippen LogP contribution is -2.35. The van der Waals surface area contributed by atoms with Gasteiger partial charge in [0.05, 0.1) is 10.6 Å². The number of halogens is 1. The van der Waals surface area contributed by atoms with Gasteiger partial charge in [0.2, 0.25) is 0 Å². The van der Waals surface area contributed by atoms with Crippen LogP contribution in [0.5, 0.6) is 5.75 Å². The van der Waals surface area contributed by atoms with Crippen LogP contribution in [0.3, 0.4) is 0 Å². The van der Waals surface area contributed by atoms with Gasteiger partial charge in [-0.1, -0.05) is 24.9 Å². The molecule has 102 valence electrons. The maximum Gasteiger partial charge on any atom is 0.258 e. The topological polar surface area (TPSA) is 62.1 Å². The van der Waals surface area contributed by atoms with Crippen LogP contribution in [-0.4, -0.2) is 18.6 Å². The molecule has 0 aliphatic rings. The summed E-state index contributed by atoms with van der Waals surface area (Å²) in [5, 5.41) is 11.9. The van der Waals surface area contributed by atoms with Gasteiger partial charge in [-0.05, 0) is 25.5 Å². The second-order valence-corrected chi connectivity index (χ2v) is 4.71. The van der Waals surface area contributed by atoms with E-state index in [9.17, 15) is 4.79 Å². The van der Waals surface area contributed by atoms with E-state index in [1.54, 1.807) is 12.1 Å². The van der Waals surface area contributed by atoms with E-state index < -0.39 is 0 Å². The van der Waals surface area contributed by atoms with Crippen molar-refractivity contribution in [2.45, 2.75) is 32.7 Å². The Balaban J connectivity index is 2.47. The molecule has 1 aromatic rings. The number of rotatable bonds is 6. The van der Waals surface area contributed by atoms with Crippen molar-refractivity contribution < 1.29 is 9.53 Å². The SMILES string of the molecule is CCCC(C)NC(=O)COc1ccc(C#N)c(Cl)c1. The van der Waals surface area contributed by atoms with Crippen LogP contribution >= 0.6 is 11.6 Å². The molecular formula is C14H17ClN2O2. The Kier molecular flexibility index (Phi) is 6.17. The molecule has 1 atom stereocenters. The Morgan fingerprint density at radius 1 is 1.58 bits per heavy atom. The van der Waals surface area contributed by atoms with Gasteiger partial charge in [0.25, 0.3) is 5.91 Å². The standard InChI is InChI=1S/C14H17ClN2O2/c1-3-4-10(2)17-14(18)9-19-12-6-5-11(8-16)13(15)7-12/h5-7,10H,3-4,9H2,1-2H3,(H,17,18). The molecule has 1 rings (SSSR count). The number of ether oxygens (including phenoxy) is 1. The summed E-state index contributed by atoms with van der Waals surface area (Å²) >= 11 is 5.87. The molecule has 0 heterocycles. The summed E-state index contributed by atoms with van der Waals surface area (Å²) in [4.78, 5) is 11.6. The van der Waals surface area contributed by atoms with Crippen molar-refractivity contribution in [1.29, 1.82) is 5.26 Å². The molecule has 1 unspecified atom stereocenters. The Morgan fingerprint density at radius 2 is 2.32 bits per heavy atom. The quantitative estimate of drug-likeness (QED) is 0.871. The van der Waals surface area contributed by atoms with Gasteiger partial charge in [0, 0.05) is 12.1 Å². The third-order valence-corrected chi connectivity index (χ3v) is 2.87. The second kappa shape index (κ2) is 7.65. The van der Waals surface area contributed by atoms with E-state index >= 15 is 0 Å². The Labute approximate surface area is 118 Å². The van der Waals surface area contributed by atoms with Gasteiger partial charge in [-0.25, -0.2) is 0 Å². The first kappa shape index (κ1) is 15.3. The molecule has 0 aromatic heterocycles. The van der Waals surface area contributed by atoms with Gasteiger partial charge in [-0.2, -0.15) is 5.26 Å². The molecule has 0 bridgehead atoms. The fraction of sp³-hybridized carbons (Fsp3) is 0.429. The monoisotopic (exact) mass is 280 g/mol. The number of carbonyl (C=O) groups excluding carboxylic acids is 1. The zero-order chi connectivity index (χ0) is 14.3. The van der Waals surface area contributed by atoms with Crippen molar-refractivity contribution in [3.8, 4) is 11.8 Å². The molecule has 5 heteroatoms. The molecule has 19 heavy (non-hydrogen) atoms. The number of nitrogens with one attached hydrogen (secondary N) is 1. The maximum absolute atomic E-state index is 11.6. The Morgan fingerprint density at radius 3 is 2.89 bits per heavy atom. The van der Waals surface area contributed by atoms with Gasteiger partial charge in [0.15, 0.2) is 6.61 Å². The van der Waals surface area contributed by atoms with Crippen LogP contribution in [0, 0.1) is 11.3 Å². The normalized spacial score (nSPS) is 11.5. The predicted octanol–water partition coefficient (Wildman–Crippen LogP) is 2.90. The minimum atomic E-state index is -0.165. The summed E-state index contributed by atoms with van der Waals surface area (Å²) in [7, 11) is 0. The first-order chi connectivity index (χ1) is 9.06. The zero-order valence-electron chi connectivity index (χ0n) is 11.1. The van der Waals surface area contributed by atoms with Gasteiger partial charge < -0.3 is 10.1 Å². The number of nitriles is 1. The van der Waals surface area contributed by atoms with Crippen LogP contribution < -0.4 is 10.1 Å². The molecular weight excluding hydrogens is 264 g/mol. The van der Waals surface area contributed by atoms with E-state index in [2.05, 4.69) is 12.2 Å². The molecule has 0 aliphatic carbocycles. The van der Waals surface area contributed by atoms with Gasteiger partial charge in [0.1, 0.15) is 11.8 Å². The van der Waals surface area contributed by atoms with Gasteiger partial charge >= 0.3 is 0 Å². The third-order valence-electron chi connectivity index (χ3n) is 2.56. The van der Waals surface area contributed by atoms with Crippen molar-refractivity contribution >= 4 is 17.5 Å². The summed E-state index contributed by atoms with van der Waals surface area (Å²) in [5.74, 6) is 0.309. The highest BCUT2D eigenvalue weighted by Gasteiger charge is 2.08. The molecule has 1 aromatic carbocycles. The number of hydrogen-bond donors (Lipinski definition) is 1. The maximum atomic E-state index is 11.6. The first-order valence-electron chi connectivity index (χ1n) is 6.18. The fourth-order valence-electron chi connectivity index (χ4n) is 1.65. The van der Waals surface area contributed by atoms with Crippen LogP contribution in [0.15, 0.2) is 18.2 Å². The summed E-state index contributed by atoms with van der Waals surface area (Å²) in [6.07, 6.45) is 1.96. The second-order valence-electron chi connectivity index (χ2n) is 4.30. The molecule has 0 saturated carbocycles. The van der Waals surface area contributed by atoms with E-state index in [4.69, 9.17) is 21.6 Å². The van der Waals surface area contributed by atoms with Crippen LogP contribution in [0.1, 0.15) is 32.3 Å². The average Bonchev–Trinajstić information content (AvgIpc) is 2.36. The lowest BCUT2D eigenvalue weighted by Gasteiger charge is -2.13. The summed E-state index contributed by atoms with van der Waals surface area (Å²) in [6, 6.07) is 6.82. The summed E-state index contributed by atoms with van der Waals surface area (Å²) in [6.45, 7) is 3.97. The first-order valence-corrected chi connectivity index (χ1v) is 6.56. The lowest BCUT2D eigenvalue weighted by molar-refractivity contribution is -0.123. The number of amides is 1. The number of nitrogens with zero attached hydrogens (tertiary/aromatic N) is 1. The van der Waals surface area contributed by atoms with Gasteiger partial charge in [-0.15, -0.1) is 0 Å². The van der Waals surface area contributed by atoms with E-state index in [0.29, 0.717) is 16.3 Å². The van der Waals surface area contributed by atoms with Crippen LogP contribution in [0.25, 0.3) is 0 Å². The highest BCUT2D eigenvalue weighted by atomic mass is 35.5. The van der Waals surface area contributed by atoms with Crippen molar-refractivity contribution in [3.63, 3.8) is 0 Å². The Hall–Kier alpha value is -1.73. The minimum Gasteiger partial charge on any atom is -0.484 e. The van der Waals surface area contributed by atoms with Crippen LogP contribution in [0.2, 0.25) is 5.02 Å². The highest BCUT2D eigenvalue weighted by Crippen LogP contribution is 2.21. The van der Waals surface area contributed by atoms with Crippen LogP contribution in [-0.2, 0) is 4.79 Å². The highest BCUT2D eigenvalue weighted by molar-refractivity contribution is 6.31. The molecule has 0 spiro atoms. The molecule has 4 nitrogen and oxygen atoms in total. The lowest BCUT2D eigenvalue weighted by atomic mass is 10.2. The van der Waals surface area contributed by atoms with Crippen molar-refractivity contribution in [1.82, 2.24) is 5.32 Å². The third kappa shape index (κ3) is 5.19. The fourth-order valence-corrected chi connectivity index (χ4v) is 1.86. The molecule has 0 saturated heterocycles.